The Morgan fingerprint density at radius 3 is 2.46 bits per heavy atom. The molecule has 13 heavy (non-hydrogen) atoms. The first-order valence-corrected chi connectivity index (χ1v) is 4.29. The summed E-state index contributed by atoms with van der Waals surface area (Å²) in [5.41, 5.74) is 1.12. The number of hydrogen-bond acceptors (Lipinski definition) is 2. The van der Waals surface area contributed by atoms with Gasteiger partial charge in [0.25, 0.3) is 0 Å². The van der Waals surface area contributed by atoms with Crippen molar-refractivity contribution in [3.63, 3.8) is 0 Å². The molecule has 4 heteroatoms. The highest BCUT2D eigenvalue weighted by atomic mass is 35.5. The SMILES string of the molecule is Cc1ccccc1OC(C)OP.Cl. The van der Waals surface area contributed by atoms with Crippen LogP contribution >= 0.6 is 21.9 Å². The summed E-state index contributed by atoms with van der Waals surface area (Å²) in [6, 6.07) is 7.85. The Balaban J connectivity index is 0.00000144. The van der Waals surface area contributed by atoms with Crippen LogP contribution in [-0.2, 0) is 4.52 Å². The highest BCUT2D eigenvalue weighted by Gasteiger charge is 2.02. The quantitative estimate of drug-likeness (QED) is 0.576. The summed E-state index contributed by atoms with van der Waals surface area (Å²) in [4.78, 5) is 0. The van der Waals surface area contributed by atoms with Crippen LogP contribution in [0.15, 0.2) is 24.3 Å². The average Bonchev–Trinajstić information content (AvgIpc) is 2.09. The second-order valence-corrected chi connectivity index (χ2v) is 2.86. The number of para-hydroxylation sites is 1. The summed E-state index contributed by atoms with van der Waals surface area (Å²) in [6.45, 7) is 3.85. The van der Waals surface area contributed by atoms with Crippen molar-refractivity contribution >= 4 is 21.9 Å². The lowest BCUT2D eigenvalue weighted by molar-refractivity contribution is 0.0384. The van der Waals surface area contributed by atoms with Crippen molar-refractivity contribution in [3.8, 4) is 5.75 Å². The Hall–Kier alpha value is -0.300. The van der Waals surface area contributed by atoms with Gasteiger partial charge in [-0.15, -0.1) is 12.4 Å². The number of halogens is 1. The standard InChI is InChI=1S/C9H13O2P.ClH/c1-7-5-3-4-6-9(7)10-8(2)11-12;/h3-6,8H,12H2,1-2H3;1H. The molecule has 0 spiro atoms. The zero-order valence-electron chi connectivity index (χ0n) is 7.69. The normalized spacial score (nSPS) is 11.6. The zero-order chi connectivity index (χ0) is 8.97. The van der Waals surface area contributed by atoms with E-state index in [0.29, 0.717) is 0 Å². The molecule has 1 aromatic rings. The van der Waals surface area contributed by atoms with Gasteiger partial charge in [0.15, 0.2) is 6.29 Å². The van der Waals surface area contributed by atoms with Gasteiger partial charge in [-0.25, -0.2) is 0 Å². The maximum Gasteiger partial charge on any atom is 0.199 e. The van der Waals surface area contributed by atoms with Crippen LogP contribution in [0, 0.1) is 6.92 Å². The van der Waals surface area contributed by atoms with E-state index in [2.05, 4.69) is 9.47 Å². The van der Waals surface area contributed by atoms with Crippen molar-refractivity contribution in [1.29, 1.82) is 0 Å². The molecular formula is C9H14ClO2P. The Bertz CT molecular complexity index is 255. The maximum absolute atomic E-state index is 5.45. The summed E-state index contributed by atoms with van der Waals surface area (Å²) in [5, 5.41) is 0. The first-order chi connectivity index (χ1) is 5.74. The molecule has 2 atom stereocenters. The van der Waals surface area contributed by atoms with Crippen molar-refractivity contribution in [1.82, 2.24) is 0 Å². The molecule has 0 N–H and O–H groups in total. The number of benzene rings is 1. The van der Waals surface area contributed by atoms with Crippen LogP contribution in [0.25, 0.3) is 0 Å². The molecule has 0 aliphatic carbocycles. The molecule has 0 aromatic heterocycles. The fraction of sp³-hybridized carbons (Fsp3) is 0.333. The fourth-order valence-corrected chi connectivity index (χ4v) is 0.951. The molecule has 1 aromatic carbocycles. The third-order valence-corrected chi connectivity index (χ3v) is 1.96. The van der Waals surface area contributed by atoms with Crippen molar-refractivity contribution in [2.24, 2.45) is 0 Å². The molecule has 2 unspecified atom stereocenters. The van der Waals surface area contributed by atoms with Gasteiger partial charge in [0.2, 0.25) is 0 Å². The van der Waals surface area contributed by atoms with Crippen LogP contribution in [0.3, 0.4) is 0 Å². The maximum atomic E-state index is 5.45. The van der Waals surface area contributed by atoms with E-state index in [1.807, 2.05) is 38.1 Å². The van der Waals surface area contributed by atoms with Gasteiger partial charge in [0.05, 0.1) is 0 Å². The van der Waals surface area contributed by atoms with Gasteiger partial charge < -0.3 is 9.26 Å². The van der Waals surface area contributed by atoms with E-state index in [9.17, 15) is 0 Å². The van der Waals surface area contributed by atoms with E-state index < -0.39 is 0 Å². The summed E-state index contributed by atoms with van der Waals surface area (Å²) < 4.78 is 10.4. The van der Waals surface area contributed by atoms with Crippen LogP contribution in [0.2, 0.25) is 0 Å². The molecule has 1 rings (SSSR count). The third-order valence-electron chi connectivity index (χ3n) is 1.58. The average molecular weight is 221 g/mol. The fourth-order valence-electron chi connectivity index (χ4n) is 0.895. The molecule has 0 fully saturated rings. The smallest absolute Gasteiger partial charge is 0.199 e. The van der Waals surface area contributed by atoms with E-state index in [4.69, 9.17) is 9.26 Å². The lowest BCUT2D eigenvalue weighted by Crippen LogP contribution is -2.11. The minimum absolute atomic E-state index is 0. The van der Waals surface area contributed by atoms with Crippen LogP contribution in [-0.4, -0.2) is 6.29 Å². The van der Waals surface area contributed by atoms with E-state index in [1.165, 1.54) is 0 Å². The van der Waals surface area contributed by atoms with Gasteiger partial charge in [-0.3, -0.25) is 0 Å². The summed E-state index contributed by atoms with van der Waals surface area (Å²) in [5.74, 6) is 0.868. The first kappa shape index (κ1) is 12.7. The van der Waals surface area contributed by atoms with Crippen molar-refractivity contribution in [3.05, 3.63) is 29.8 Å². The molecular weight excluding hydrogens is 207 g/mol. The van der Waals surface area contributed by atoms with Crippen LogP contribution < -0.4 is 4.74 Å². The summed E-state index contributed by atoms with van der Waals surface area (Å²) >= 11 is 0. The highest BCUT2D eigenvalue weighted by Crippen LogP contribution is 2.18. The molecule has 0 bridgehead atoms. The molecule has 0 saturated carbocycles. The molecule has 74 valence electrons. The van der Waals surface area contributed by atoms with Gasteiger partial charge in [0, 0.05) is 9.47 Å². The number of ether oxygens (including phenoxy) is 1. The molecule has 0 amide bonds. The molecule has 0 saturated heterocycles. The minimum atomic E-state index is -0.226. The Morgan fingerprint density at radius 1 is 1.31 bits per heavy atom. The molecule has 0 aliphatic rings. The summed E-state index contributed by atoms with van der Waals surface area (Å²) in [6.07, 6.45) is -0.226. The summed E-state index contributed by atoms with van der Waals surface area (Å²) in [7, 11) is 2.18. The topological polar surface area (TPSA) is 18.5 Å². The monoisotopic (exact) mass is 220 g/mol. The van der Waals surface area contributed by atoms with Crippen LogP contribution in [0.5, 0.6) is 5.75 Å². The highest BCUT2D eigenvalue weighted by molar-refractivity contribution is 7.09. The Morgan fingerprint density at radius 2 is 1.92 bits per heavy atom. The lowest BCUT2D eigenvalue weighted by atomic mass is 10.2. The minimum Gasteiger partial charge on any atom is -0.465 e. The van der Waals surface area contributed by atoms with E-state index >= 15 is 0 Å². The number of hydrogen-bond donors (Lipinski definition) is 0. The van der Waals surface area contributed by atoms with Gasteiger partial charge in [-0.2, -0.15) is 0 Å². The van der Waals surface area contributed by atoms with Crippen LogP contribution in [0.4, 0.5) is 0 Å². The molecule has 0 radical (unpaired) electrons. The third kappa shape index (κ3) is 3.95. The predicted molar refractivity (Wildman–Crippen MR) is 59.3 cm³/mol. The molecule has 2 nitrogen and oxygen atoms in total. The molecule has 0 aliphatic heterocycles. The van der Waals surface area contributed by atoms with E-state index in [-0.39, 0.29) is 18.7 Å². The van der Waals surface area contributed by atoms with Crippen molar-refractivity contribution in [2.45, 2.75) is 20.1 Å². The Labute approximate surface area is 87.3 Å². The zero-order valence-corrected chi connectivity index (χ0v) is 9.66. The lowest BCUT2D eigenvalue weighted by Gasteiger charge is -2.13. The van der Waals surface area contributed by atoms with Crippen LogP contribution in [0.1, 0.15) is 12.5 Å². The van der Waals surface area contributed by atoms with Gasteiger partial charge >= 0.3 is 0 Å². The Kier molecular flexibility index (Phi) is 6.06. The molecule has 0 heterocycles. The second kappa shape index (κ2) is 6.20. The number of rotatable bonds is 3. The van der Waals surface area contributed by atoms with E-state index in [1.54, 1.807) is 0 Å². The second-order valence-electron chi connectivity index (χ2n) is 2.59. The van der Waals surface area contributed by atoms with Gasteiger partial charge in [-0.05, 0) is 25.5 Å². The van der Waals surface area contributed by atoms with Gasteiger partial charge in [-0.1, -0.05) is 18.2 Å². The van der Waals surface area contributed by atoms with Gasteiger partial charge in [0.1, 0.15) is 5.75 Å². The van der Waals surface area contributed by atoms with Crippen molar-refractivity contribution < 1.29 is 9.26 Å². The predicted octanol–water partition coefficient (Wildman–Crippen LogP) is 2.95. The van der Waals surface area contributed by atoms with E-state index in [0.717, 1.165) is 11.3 Å². The first-order valence-electron chi connectivity index (χ1n) is 3.82. The number of aryl methyl sites for hydroxylation is 1. The largest absolute Gasteiger partial charge is 0.465 e. The van der Waals surface area contributed by atoms with Crippen molar-refractivity contribution in [2.75, 3.05) is 0 Å².